The van der Waals surface area contributed by atoms with Gasteiger partial charge in [-0.3, -0.25) is 4.79 Å². The molecule has 0 spiro atoms. The van der Waals surface area contributed by atoms with E-state index < -0.39 is 5.41 Å². The highest BCUT2D eigenvalue weighted by atomic mass is 16.1. The molecule has 0 aliphatic heterocycles. The van der Waals surface area contributed by atoms with Crippen molar-refractivity contribution in [1.29, 1.82) is 0 Å². The van der Waals surface area contributed by atoms with Crippen LogP contribution in [0.4, 0.5) is 0 Å². The third-order valence-corrected chi connectivity index (χ3v) is 3.57. The number of allylic oxidation sites excluding steroid dienone is 1. The molecule has 0 amide bonds. The van der Waals surface area contributed by atoms with Gasteiger partial charge in [0.15, 0.2) is 0 Å². The smallest absolute Gasteiger partial charge is 0.148 e. The maximum atomic E-state index is 12.1. The Bertz CT molecular complexity index is 266. The molecule has 0 radical (unpaired) electrons. The lowest BCUT2D eigenvalue weighted by Gasteiger charge is -2.28. The first-order valence-electron chi connectivity index (χ1n) is 5.89. The van der Waals surface area contributed by atoms with Crippen LogP contribution in [0, 0.1) is 23.2 Å². The second-order valence-corrected chi connectivity index (χ2v) is 5.35. The lowest BCUT2D eigenvalue weighted by molar-refractivity contribution is -0.137. The summed E-state index contributed by atoms with van der Waals surface area (Å²) >= 11 is 0. The Morgan fingerprint density at radius 1 is 1.31 bits per heavy atom. The van der Waals surface area contributed by atoms with Crippen molar-refractivity contribution in [3.05, 3.63) is 12.7 Å². The van der Waals surface area contributed by atoms with Crippen molar-refractivity contribution < 1.29 is 9.59 Å². The van der Waals surface area contributed by atoms with Gasteiger partial charge in [-0.15, -0.1) is 6.58 Å². The highest BCUT2D eigenvalue weighted by Gasteiger charge is 2.34. The fourth-order valence-electron chi connectivity index (χ4n) is 1.85. The minimum Gasteiger partial charge on any atom is -0.302 e. The molecule has 0 aromatic rings. The van der Waals surface area contributed by atoms with Gasteiger partial charge in [0, 0.05) is 5.92 Å². The second kappa shape index (κ2) is 5.97. The summed E-state index contributed by atoms with van der Waals surface area (Å²) in [5.74, 6) is 0.629. The highest BCUT2D eigenvalue weighted by molar-refractivity contribution is 5.98. The van der Waals surface area contributed by atoms with E-state index in [1.165, 1.54) is 0 Å². The maximum absolute atomic E-state index is 12.1. The molecular formula is C14H24O2. The van der Waals surface area contributed by atoms with E-state index in [1.54, 1.807) is 13.8 Å². The Morgan fingerprint density at radius 3 is 2.19 bits per heavy atom. The van der Waals surface area contributed by atoms with Crippen LogP contribution in [-0.2, 0) is 9.59 Å². The van der Waals surface area contributed by atoms with Gasteiger partial charge >= 0.3 is 0 Å². The molecular weight excluding hydrogens is 200 g/mol. The molecule has 0 N–H and O–H groups in total. The molecule has 0 bridgehead atoms. The van der Waals surface area contributed by atoms with E-state index in [0.29, 0.717) is 5.92 Å². The van der Waals surface area contributed by atoms with Crippen molar-refractivity contribution in [3.63, 3.8) is 0 Å². The van der Waals surface area contributed by atoms with Gasteiger partial charge < -0.3 is 4.79 Å². The molecule has 0 rings (SSSR count). The number of carbonyl (C=O) groups excluding carboxylic acids is 2. The topological polar surface area (TPSA) is 34.1 Å². The normalized spacial score (nSPS) is 17.3. The molecule has 0 saturated carbocycles. The van der Waals surface area contributed by atoms with Gasteiger partial charge in [-0.25, -0.2) is 0 Å². The van der Waals surface area contributed by atoms with Gasteiger partial charge in [-0.2, -0.15) is 0 Å². The maximum Gasteiger partial charge on any atom is 0.148 e. The Morgan fingerprint density at radius 2 is 1.81 bits per heavy atom. The van der Waals surface area contributed by atoms with Crippen molar-refractivity contribution in [1.82, 2.24) is 0 Å². The molecule has 92 valence electrons. The van der Waals surface area contributed by atoms with Crippen LogP contribution in [0.3, 0.4) is 0 Å². The van der Waals surface area contributed by atoms with Crippen LogP contribution in [0.5, 0.6) is 0 Å². The predicted molar refractivity (Wildman–Crippen MR) is 67.2 cm³/mol. The van der Waals surface area contributed by atoms with Crippen LogP contribution in [0.1, 0.15) is 41.0 Å². The zero-order chi connectivity index (χ0) is 12.9. The fourth-order valence-corrected chi connectivity index (χ4v) is 1.85. The second-order valence-electron chi connectivity index (χ2n) is 5.35. The molecule has 2 nitrogen and oxygen atoms in total. The standard InChI is InChI=1S/C14H24O2/c1-7-8-10(2)11(3)12(4)13(16)14(5,6)9-15/h7,9-12H,1,8H2,2-6H3/t10-,11-,12+/m0/s1. The fraction of sp³-hybridized carbons (Fsp3) is 0.714. The Hall–Kier alpha value is -0.920. The average molecular weight is 224 g/mol. The van der Waals surface area contributed by atoms with Crippen LogP contribution >= 0.6 is 0 Å². The molecule has 16 heavy (non-hydrogen) atoms. The minimum atomic E-state index is -0.860. The largest absolute Gasteiger partial charge is 0.302 e. The molecule has 0 unspecified atom stereocenters. The first-order valence-corrected chi connectivity index (χ1v) is 5.89. The quantitative estimate of drug-likeness (QED) is 0.378. The van der Waals surface area contributed by atoms with E-state index in [9.17, 15) is 9.59 Å². The molecule has 0 fully saturated rings. The Balaban J connectivity index is 4.66. The number of Topliss-reactive ketones (excluding diaryl/α,β-unsaturated/α-hetero) is 1. The molecule has 0 aliphatic rings. The lowest BCUT2D eigenvalue weighted by Crippen LogP contribution is -2.35. The van der Waals surface area contributed by atoms with Gasteiger partial charge in [0.25, 0.3) is 0 Å². The van der Waals surface area contributed by atoms with E-state index >= 15 is 0 Å². The van der Waals surface area contributed by atoms with Gasteiger partial charge in [0.05, 0.1) is 5.41 Å². The van der Waals surface area contributed by atoms with E-state index in [-0.39, 0.29) is 17.6 Å². The minimum absolute atomic E-state index is 0.0333. The SMILES string of the molecule is C=CC[C@H](C)[C@H](C)[C@@H](C)C(=O)C(C)(C)C=O. The number of aldehydes is 1. The third kappa shape index (κ3) is 3.58. The number of rotatable bonds is 7. The Kier molecular flexibility index (Phi) is 5.63. The van der Waals surface area contributed by atoms with Crippen LogP contribution in [0.2, 0.25) is 0 Å². The van der Waals surface area contributed by atoms with Gasteiger partial charge in [0.2, 0.25) is 0 Å². The van der Waals surface area contributed by atoms with Crippen molar-refractivity contribution in [2.75, 3.05) is 0 Å². The molecule has 0 aromatic carbocycles. The number of hydrogen-bond donors (Lipinski definition) is 0. The van der Waals surface area contributed by atoms with Gasteiger partial charge in [-0.05, 0) is 32.1 Å². The van der Waals surface area contributed by atoms with Crippen LogP contribution in [-0.4, -0.2) is 12.1 Å². The van der Waals surface area contributed by atoms with Crippen molar-refractivity contribution in [2.24, 2.45) is 23.2 Å². The summed E-state index contributed by atoms with van der Waals surface area (Å²) in [7, 11) is 0. The lowest BCUT2D eigenvalue weighted by atomic mass is 9.74. The molecule has 0 heterocycles. The van der Waals surface area contributed by atoms with Crippen molar-refractivity contribution in [3.8, 4) is 0 Å². The van der Waals surface area contributed by atoms with Gasteiger partial charge in [0.1, 0.15) is 12.1 Å². The van der Waals surface area contributed by atoms with Crippen LogP contribution in [0.15, 0.2) is 12.7 Å². The summed E-state index contributed by atoms with van der Waals surface area (Å²) in [5, 5.41) is 0. The number of hydrogen-bond acceptors (Lipinski definition) is 2. The summed E-state index contributed by atoms with van der Waals surface area (Å²) in [6.07, 6.45) is 3.53. The molecule has 2 heteroatoms. The molecule has 0 aromatic heterocycles. The molecule has 3 atom stereocenters. The van der Waals surface area contributed by atoms with E-state index in [1.807, 2.05) is 13.0 Å². The van der Waals surface area contributed by atoms with E-state index in [2.05, 4.69) is 20.4 Å². The zero-order valence-electron chi connectivity index (χ0n) is 11.1. The number of ketones is 1. The monoisotopic (exact) mass is 224 g/mol. The zero-order valence-corrected chi connectivity index (χ0v) is 11.1. The third-order valence-electron chi connectivity index (χ3n) is 3.57. The highest BCUT2D eigenvalue weighted by Crippen LogP contribution is 2.29. The first kappa shape index (κ1) is 15.1. The van der Waals surface area contributed by atoms with E-state index in [4.69, 9.17) is 0 Å². The summed E-state index contributed by atoms with van der Waals surface area (Å²) in [6.45, 7) is 13.2. The summed E-state index contributed by atoms with van der Waals surface area (Å²) < 4.78 is 0. The predicted octanol–water partition coefficient (Wildman–Crippen LogP) is 3.27. The van der Waals surface area contributed by atoms with Crippen molar-refractivity contribution >= 4 is 12.1 Å². The van der Waals surface area contributed by atoms with E-state index in [0.717, 1.165) is 12.7 Å². The summed E-state index contributed by atoms with van der Waals surface area (Å²) in [5.41, 5.74) is -0.860. The van der Waals surface area contributed by atoms with Gasteiger partial charge in [-0.1, -0.05) is 26.8 Å². The van der Waals surface area contributed by atoms with Crippen molar-refractivity contribution in [2.45, 2.75) is 41.0 Å². The Labute approximate surface area is 99.1 Å². The van der Waals surface area contributed by atoms with Crippen LogP contribution < -0.4 is 0 Å². The number of carbonyl (C=O) groups is 2. The average Bonchev–Trinajstić information content (AvgIpc) is 2.26. The summed E-state index contributed by atoms with van der Waals surface area (Å²) in [4.78, 5) is 22.9. The first-order chi connectivity index (χ1) is 7.27. The van der Waals surface area contributed by atoms with Crippen LogP contribution in [0.25, 0.3) is 0 Å². The summed E-state index contributed by atoms with van der Waals surface area (Å²) in [6, 6.07) is 0. The molecule has 0 saturated heterocycles. The molecule has 0 aliphatic carbocycles.